The van der Waals surface area contributed by atoms with Crippen LogP contribution in [0.5, 0.6) is 0 Å². The van der Waals surface area contributed by atoms with Crippen molar-refractivity contribution >= 4 is 16.0 Å². The van der Waals surface area contributed by atoms with Crippen LogP contribution in [0.2, 0.25) is 0 Å². The molecule has 2 N–H and O–H groups in total. The Bertz CT molecular complexity index is 657. The number of nitrogens with one attached hydrogen (secondary N) is 1. The predicted octanol–water partition coefficient (Wildman–Crippen LogP) is 0.826. The van der Waals surface area contributed by atoms with Crippen LogP contribution in [0, 0.1) is 6.92 Å². The van der Waals surface area contributed by atoms with Gasteiger partial charge in [0.05, 0.1) is 17.6 Å². The number of ether oxygens (including phenoxy) is 1. The number of methoxy groups -OCH3 is 1. The fourth-order valence-corrected chi connectivity index (χ4v) is 2.88. The van der Waals surface area contributed by atoms with Gasteiger partial charge in [0.15, 0.2) is 6.10 Å². The quantitative estimate of drug-likeness (QED) is 0.774. The summed E-state index contributed by atoms with van der Waals surface area (Å²) in [6, 6.07) is 2.15. The van der Waals surface area contributed by atoms with Gasteiger partial charge in [0.25, 0.3) is 0 Å². The molecule has 0 aromatic heterocycles. The van der Waals surface area contributed by atoms with Crippen LogP contribution < -0.4 is 4.72 Å². The SMILES string of the molecule is COC(=O)[C@H](O)CNS(=O)(=O)c1ccc(C(F)(F)F)cc1C. The monoisotopic (exact) mass is 341 g/mol. The van der Waals surface area contributed by atoms with Crippen LogP contribution in [0.1, 0.15) is 11.1 Å². The summed E-state index contributed by atoms with van der Waals surface area (Å²) in [7, 11) is -3.16. The van der Waals surface area contributed by atoms with E-state index in [-0.39, 0.29) is 10.5 Å². The minimum atomic E-state index is -4.58. The summed E-state index contributed by atoms with van der Waals surface area (Å²) in [4.78, 5) is 10.6. The minimum Gasteiger partial charge on any atom is -0.467 e. The van der Waals surface area contributed by atoms with Crippen LogP contribution in [-0.2, 0) is 25.7 Å². The van der Waals surface area contributed by atoms with E-state index in [0.717, 1.165) is 13.2 Å². The number of hydrogen-bond donors (Lipinski definition) is 2. The van der Waals surface area contributed by atoms with Crippen molar-refractivity contribution in [3.8, 4) is 0 Å². The third-order valence-electron chi connectivity index (χ3n) is 2.73. The maximum absolute atomic E-state index is 12.5. The van der Waals surface area contributed by atoms with Crippen molar-refractivity contribution in [2.75, 3.05) is 13.7 Å². The van der Waals surface area contributed by atoms with Crippen LogP contribution in [0.25, 0.3) is 0 Å². The van der Waals surface area contributed by atoms with Crippen LogP contribution in [-0.4, -0.2) is 39.3 Å². The highest BCUT2D eigenvalue weighted by molar-refractivity contribution is 7.89. The predicted molar refractivity (Wildman–Crippen MR) is 69.4 cm³/mol. The summed E-state index contributed by atoms with van der Waals surface area (Å²) in [6.45, 7) is 0.552. The standard InChI is InChI=1S/C12H14F3NO5S/c1-7-5-8(12(13,14)15)3-4-10(7)22(19,20)16-6-9(17)11(18)21-2/h3-5,9,16-17H,6H2,1-2H3/t9-/m1/s1. The van der Waals surface area contributed by atoms with Crippen molar-refractivity contribution in [2.45, 2.75) is 24.1 Å². The first-order valence-electron chi connectivity index (χ1n) is 5.92. The van der Waals surface area contributed by atoms with Crippen molar-refractivity contribution in [1.82, 2.24) is 4.72 Å². The summed E-state index contributed by atoms with van der Waals surface area (Å²) in [6.07, 6.45) is -6.30. The van der Waals surface area contributed by atoms with E-state index in [1.807, 2.05) is 4.72 Å². The molecule has 0 heterocycles. The maximum Gasteiger partial charge on any atom is 0.416 e. The second-order valence-electron chi connectivity index (χ2n) is 4.37. The number of halogens is 3. The fourth-order valence-electron chi connectivity index (χ4n) is 1.61. The molecule has 1 aromatic carbocycles. The number of aliphatic hydroxyl groups excluding tert-OH is 1. The molecule has 0 amide bonds. The number of carbonyl (C=O) groups excluding carboxylic acids is 1. The van der Waals surface area contributed by atoms with E-state index in [0.29, 0.717) is 12.1 Å². The topological polar surface area (TPSA) is 92.7 Å². The summed E-state index contributed by atoms with van der Waals surface area (Å²) in [5.41, 5.74) is -1.09. The molecule has 0 bridgehead atoms. The Hall–Kier alpha value is -1.65. The molecule has 0 aliphatic carbocycles. The number of esters is 1. The molecule has 0 saturated carbocycles. The van der Waals surface area contributed by atoms with Crippen molar-refractivity contribution in [3.05, 3.63) is 29.3 Å². The molecule has 0 spiro atoms. The lowest BCUT2D eigenvalue weighted by molar-refractivity contribution is -0.149. The zero-order chi connectivity index (χ0) is 17.1. The van der Waals surface area contributed by atoms with E-state index in [2.05, 4.69) is 4.74 Å². The first kappa shape index (κ1) is 18.4. The zero-order valence-electron chi connectivity index (χ0n) is 11.6. The average molecular weight is 341 g/mol. The Balaban J connectivity index is 2.97. The number of aliphatic hydroxyl groups is 1. The number of alkyl halides is 3. The van der Waals surface area contributed by atoms with Gasteiger partial charge in [-0.2, -0.15) is 13.2 Å². The second-order valence-corrected chi connectivity index (χ2v) is 6.10. The number of sulfonamides is 1. The number of rotatable bonds is 5. The Morgan fingerprint density at radius 3 is 2.45 bits per heavy atom. The molecule has 10 heteroatoms. The third-order valence-corrected chi connectivity index (χ3v) is 4.32. The van der Waals surface area contributed by atoms with Crippen molar-refractivity contribution in [3.63, 3.8) is 0 Å². The molecule has 0 aliphatic rings. The van der Waals surface area contributed by atoms with E-state index in [4.69, 9.17) is 0 Å². The lowest BCUT2D eigenvalue weighted by atomic mass is 10.1. The molecule has 22 heavy (non-hydrogen) atoms. The van der Waals surface area contributed by atoms with Crippen LogP contribution in [0.3, 0.4) is 0 Å². The van der Waals surface area contributed by atoms with Crippen LogP contribution in [0.4, 0.5) is 13.2 Å². The van der Waals surface area contributed by atoms with Gasteiger partial charge in [0.1, 0.15) is 0 Å². The number of benzene rings is 1. The van der Waals surface area contributed by atoms with Gasteiger partial charge in [-0.25, -0.2) is 17.9 Å². The van der Waals surface area contributed by atoms with Gasteiger partial charge in [-0.05, 0) is 30.7 Å². The van der Waals surface area contributed by atoms with E-state index >= 15 is 0 Å². The summed E-state index contributed by atoms with van der Waals surface area (Å²) in [5, 5.41) is 9.30. The normalized spacial score (nSPS) is 13.7. The summed E-state index contributed by atoms with van der Waals surface area (Å²) < 4.78 is 67.7. The summed E-state index contributed by atoms with van der Waals surface area (Å²) in [5.74, 6) is -1.04. The maximum atomic E-state index is 12.5. The van der Waals surface area contributed by atoms with Gasteiger partial charge in [-0.15, -0.1) is 0 Å². The molecule has 1 aromatic rings. The number of aryl methyl sites for hydroxylation is 1. The summed E-state index contributed by atoms with van der Waals surface area (Å²) >= 11 is 0. The Morgan fingerprint density at radius 2 is 2.00 bits per heavy atom. The molecular weight excluding hydrogens is 327 g/mol. The highest BCUT2D eigenvalue weighted by Gasteiger charge is 2.31. The fraction of sp³-hybridized carbons (Fsp3) is 0.417. The van der Waals surface area contributed by atoms with Gasteiger partial charge in [-0.1, -0.05) is 0 Å². The molecule has 124 valence electrons. The third kappa shape index (κ3) is 4.42. The molecule has 0 unspecified atom stereocenters. The van der Waals surface area contributed by atoms with Gasteiger partial charge in [-0.3, -0.25) is 0 Å². The highest BCUT2D eigenvalue weighted by atomic mass is 32.2. The van der Waals surface area contributed by atoms with Gasteiger partial charge in [0, 0.05) is 6.54 Å². The molecule has 1 atom stereocenters. The van der Waals surface area contributed by atoms with Gasteiger partial charge >= 0.3 is 12.1 Å². The van der Waals surface area contributed by atoms with E-state index in [9.17, 15) is 31.5 Å². The van der Waals surface area contributed by atoms with Crippen molar-refractivity contribution in [2.24, 2.45) is 0 Å². The first-order valence-corrected chi connectivity index (χ1v) is 7.40. The molecule has 6 nitrogen and oxygen atoms in total. The van der Waals surface area contributed by atoms with Gasteiger partial charge < -0.3 is 9.84 Å². The molecule has 0 radical (unpaired) electrons. The largest absolute Gasteiger partial charge is 0.467 e. The molecule has 0 fully saturated rings. The van der Waals surface area contributed by atoms with Crippen LogP contribution in [0.15, 0.2) is 23.1 Å². The molecule has 0 aliphatic heterocycles. The minimum absolute atomic E-state index is 0.116. The van der Waals surface area contributed by atoms with E-state index in [1.54, 1.807) is 0 Å². The first-order chi connectivity index (χ1) is 9.99. The van der Waals surface area contributed by atoms with E-state index in [1.165, 1.54) is 6.92 Å². The highest BCUT2D eigenvalue weighted by Crippen LogP contribution is 2.31. The Labute approximate surface area is 124 Å². The smallest absolute Gasteiger partial charge is 0.416 e. The lowest BCUT2D eigenvalue weighted by Gasteiger charge is -2.13. The lowest BCUT2D eigenvalue weighted by Crippen LogP contribution is -2.37. The van der Waals surface area contributed by atoms with Crippen molar-refractivity contribution < 1.29 is 36.2 Å². The molecule has 0 saturated heterocycles. The number of carbonyl (C=O) groups is 1. The number of hydrogen-bond acceptors (Lipinski definition) is 5. The second kappa shape index (κ2) is 6.63. The van der Waals surface area contributed by atoms with Gasteiger partial charge in [0.2, 0.25) is 10.0 Å². The Morgan fingerprint density at radius 1 is 1.41 bits per heavy atom. The molecular formula is C12H14F3NO5S. The van der Waals surface area contributed by atoms with Crippen LogP contribution >= 0.6 is 0 Å². The zero-order valence-corrected chi connectivity index (χ0v) is 12.5. The molecule has 1 rings (SSSR count). The Kier molecular flexibility index (Phi) is 5.54. The average Bonchev–Trinajstić information content (AvgIpc) is 2.42. The van der Waals surface area contributed by atoms with E-state index < -0.39 is 40.4 Å². The van der Waals surface area contributed by atoms with Crippen molar-refractivity contribution in [1.29, 1.82) is 0 Å².